The molecule has 5 nitrogen and oxygen atoms in total. The van der Waals surface area contributed by atoms with Crippen LogP contribution in [0, 0.1) is 0 Å². The van der Waals surface area contributed by atoms with Crippen LogP contribution >= 0.6 is 0 Å². The highest BCUT2D eigenvalue weighted by atomic mass is 16.5. The third-order valence-corrected chi connectivity index (χ3v) is 5.34. The summed E-state index contributed by atoms with van der Waals surface area (Å²) in [6.45, 7) is 1.78. The third-order valence-electron chi connectivity index (χ3n) is 5.34. The summed E-state index contributed by atoms with van der Waals surface area (Å²) < 4.78 is 5.26. The molecule has 2 atom stereocenters. The third kappa shape index (κ3) is 3.25. The summed E-state index contributed by atoms with van der Waals surface area (Å²) in [5.41, 5.74) is 1.18. The number of amides is 2. The van der Waals surface area contributed by atoms with E-state index in [0.717, 1.165) is 17.0 Å². The topological polar surface area (TPSA) is 58.6 Å². The van der Waals surface area contributed by atoms with Crippen molar-refractivity contribution < 1.29 is 14.3 Å². The highest BCUT2D eigenvalue weighted by molar-refractivity contribution is 6.12. The van der Waals surface area contributed by atoms with Crippen molar-refractivity contribution in [3.05, 3.63) is 96.1 Å². The molecule has 0 saturated carbocycles. The van der Waals surface area contributed by atoms with Gasteiger partial charge >= 0.3 is 0 Å². The first-order valence-electron chi connectivity index (χ1n) is 9.45. The molecule has 0 bridgehead atoms. The Hall–Kier alpha value is -3.60. The van der Waals surface area contributed by atoms with E-state index in [0.29, 0.717) is 5.56 Å². The molecule has 1 heterocycles. The molecule has 146 valence electrons. The van der Waals surface area contributed by atoms with Crippen molar-refractivity contribution in [1.29, 1.82) is 0 Å². The Labute approximate surface area is 169 Å². The fourth-order valence-corrected chi connectivity index (χ4v) is 3.82. The molecule has 29 heavy (non-hydrogen) atoms. The summed E-state index contributed by atoms with van der Waals surface area (Å²) >= 11 is 0. The van der Waals surface area contributed by atoms with Gasteiger partial charge in [0.05, 0.1) is 13.2 Å². The number of rotatable bonds is 5. The van der Waals surface area contributed by atoms with Gasteiger partial charge in [-0.1, -0.05) is 48.5 Å². The van der Waals surface area contributed by atoms with Gasteiger partial charge in [0.2, 0.25) is 0 Å². The standard InChI is InChI=1S/C24H22N2O3/c1-24(25-22(27)18-9-5-3-6-10-18)21(17-13-15-20(29-2)16-14-17)26(23(24)28)19-11-7-4-8-12-19/h3-16,21H,1-2H3,(H,25,27)/t21-,24-/m1/s1. The van der Waals surface area contributed by atoms with Crippen molar-refractivity contribution in [2.45, 2.75) is 18.5 Å². The lowest BCUT2D eigenvalue weighted by Gasteiger charge is -2.54. The smallest absolute Gasteiger partial charge is 0.255 e. The summed E-state index contributed by atoms with van der Waals surface area (Å²) in [4.78, 5) is 27.8. The van der Waals surface area contributed by atoms with Gasteiger partial charge in [-0.3, -0.25) is 14.5 Å². The highest BCUT2D eigenvalue weighted by Gasteiger charge is 2.59. The van der Waals surface area contributed by atoms with Crippen molar-refractivity contribution in [1.82, 2.24) is 5.32 Å². The second kappa shape index (κ2) is 7.43. The monoisotopic (exact) mass is 386 g/mol. The van der Waals surface area contributed by atoms with E-state index in [-0.39, 0.29) is 17.9 Å². The van der Waals surface area contributed by atoms with Crippen LogP contribution in [0.4, 0.5) is 5.69 Å². The number of hydrogen-bond acceptors (Lipinski definition) is 3. The molecule has 0 radical (unpaired) electrons. The van der Waals surface area contributed by atoms with Crippen molar-refractivity contribution >= 4 is 17.5 Å². The summed E-state index contributed by atoms with van der Waals surface area (Å²) in [5, 5.41) is 2.97. The van der Waals surface area contributed by atoms with Gasteiger partial charge in [-0.25, -0.2) is 0 Å². The highest BCUT2D eigenvalue weighted by Crippen LogP contribution is 2.46. The van der Waals surface area contributed by atoms with Crippen molar-refractivity contribution in [2.24, 2.45) is 0 Å². The molecule has 5 heteroatoms. The Kier molecular flexibility index (Phi) is 4.80. The largest absolute Gasteiger partial charge is 0.497 e. The lowest BCUT2D eigenvalue weighted by Crippen LogP contribution is -2.74. The predicted molar refractivity (Wildman–Crippen MR) is 112 cm³/mol. The van der Waals surface area contributed by atoms with E-state index >= 15 is 0 Å². The van der Waals surface area contributed by atoms with Gasteiger partial charge in [0.15, 0.2) is 0 Å². The normalized spacial score (nSPS) is 20.7. The molecule has 0 aliphatic carbocycles. The first-order valence-corrected chi connectivity index (χ1v) is 9.45. The number of methoxy groups -OCH3 is 1. The quantitative estimate of drug-likeness (QED) is 0.675. The second-order valence-corrected chi connectivity index (χ2v) is 7.21. The van der Waals surface area contributed by atoms with Gasteiger partial charge in [-0.2, -0.15) is 0 Å². The fourth-order valence-electron chi connectivity index (χ4n) is 3.82. The van der Waals surface area contributed by atoms with E-state index in [1.807, 2.05) is 60.7 Å². The molecular weight excluding hydrogens is 364 g/mol. The maximum Gasteiger partial charge on any atom is 0.255 e. The molecule has 1 N–H and O–H groups in total. The van der Waals surface area contributed by atoms with Crippen LogP contribution in [0.3, 0.4) is 0 Å². The van der Waals surface area contributed by atoms with E-state index < -0.39 is 5.54 Å². The molecule has 0 spiro atoms. The Balaban J connectivity index is 1.71. The Morgan fingerprint density at radius 2 is 1.52 bits per heavy atom. The van der Waals surface area contributed by atoms with Gasteiger partial charge in [0.1, 0.15) is 11.3 Å². The minimum absolute atomic E-state index is 0.145. The number of ether oxygens (including phenoxy) is 1. The average Bonchev–Trinajstić information content (AvgIpc) is 2.78. The zero-order chi connectivity index (χ0) is 20.4. The summed E-state index contributed by atoms with van der Waals surface area (Å²) in [5.74, 6) is 0.321. The number of benzene rings is 3. The van der Waals surface area contributed by atoms with Crippen LogP contribution in [0.1, 0.15) is 28.9 Å². The second-order valence-electron chi connectivity index (χ2n) is 7.21. The van der Waals surface area contributed by atoms with Crippen LogP contribution in [-0.2, 0) is 4.79 Å². The maximum atomic E-state index is 13.2. The molecule has 0 aromatic heterocycles. The van der Waals surface area contributed by atoms with E-state index in [1.165, 1.54) is 0 Å². The number of anilines is 1. The Bertz CT molecular complexity index is 1020. The minimum Gasteiger partial charge on any atom is -0.497 e. The van der Waals surface area contributed by atoms with E-state index in [2.05, 4.69) is 5.32 Å². The van der Waals surface area contributed by atoms with Crippen LogP contribution < -0.4 is 15.0 Å². The van der Waals surface area contributed by atoms with E-state index in [4.69, 9.17) is 4.74 Å². The van der Waals surface area contributed by atoms with Crippen LogP contribution in [-0.4, -0.2) is 24.5 Å². The molecule has 1 saturated heterocycles. The number of para-hydroxylation sites is 1. The number of carbonyl (C=O) groups is 2. The van der Waals surface area contributed by atoms with Crippen LogP contribution in [0.2, 0.25) is 0 Å². The molecular formula is C24H22N2O3. The molecule has 0 unspecified atom stereocenters. The van der Waals surface area contributed by atoms with Gasteiger partial charge < -0.3 is 10.1 Å². The van der Waals surface area contributed by atoms with Crippen LogP contribution in [0.5, 0.6) is 5.75 Å². The maximum absolute atomic E-state index is 13.2. The lowest BCUT2D eigenvalue weighted by molar-refractivity contribution is -0.133. The first-order chi connectivity index (χ1) is 14.0. The fraction of sp³-hybridized carbons (Fsp3) is 0.167. The SMILES string of the molecule is COc1ccc([C@H]2N(c3ccccc3)C(=O)[C@]2(C)NC(=O)c2ccccc2)cc1. The summed E-state index contributed by atoms with van der Waals surface area (Å²) in [6, 6.07) is 25.7. The van der Waals surface area contributed by atoms with Gasteiger partial charge in [-0.05, 0) is 48.9 Å². The van der Waals surface area contributed by atoms with Gasteiger partial charge in [0, 0.05) is 11.3 Å². The Morgan fingerprint density at radius 3 is 2.10 bits per heavy atom. The van der Waals surface area contributed by atoms with E-state index in [1.54, 1.807) is 43.2 Å². The van der Waals surface area contributed by atoms with E-state index in [9.17, 15) is 9.59 Å². The first kappa shape index (κ1) is 18.7. The molecule has 2 amide bonds. The van der Waals surface area contributed by atoms with Crippen molar-refractivity contribution in [3.63, 3.8) is 0 Å². The average molecular weight is 386 g/mol. The predicted octanol–water partition coefficient (Wildman–Crippen LogP) is 3.97. The van der Waals surface area contributed by atoms with Gasteiger partial charge in [0.25, 0.3) is 11.8 Å². The van der Waals surface area contributed by atoms with Crippen molar-refractivity contribution in [2.75, 3.05) is 12.0 Å². The minimum atomic E-state index is -1.06. The van der Waals surface area contributed by atoms with Crippen molar-refractivity contribution in [3.8, 4) is 5.75 Å². The van der Waals surface area contributed by atoms with Crippen LogP contribution in [0.25, 0.3) is 0 Å². The summed E-state index contributed by atoms with van der Waals surface area (Å²) in [6.07, 6.45) is 0. The number of hydrogen-bond donors (Lipinski definition) is 1. The number of β-lactam (4-membered cyclic amide) rings is 1. The number of nitrogens with one attached hydrogen (secondary N) is 1. The zero-order valence-electron chi connectivity index (χ0n) is 16.3. The summed E-state index contributed by atoms with van der Waals surface area (Å²) in [7, 11) is 1.61. The molecule has 1 fully saturated rings. The lowest BCUT2D eigenvalue weighted by atomic mass is 9.75. The molecule has 1 aliphatic heterocycles. The number of carbonyl (C=O) groups excluding carboxylic acids is 2. The van der Waals surface area contributed by atoms with Crippen LogP contribution in [0.15, 0.2) is 84.9 Å². The molecule has 3 aromatic carbocycles. The number of nitrogens with zero attached hydrogens (tertiary/aromatic N) is 1. The van der Waals surface area contributed by atoms with Gasteiger partial charge in [-0.15, -0.1) is 0 Å². The molecule has 1 aliphatic rings. The molecule has 3 aromatic rings. The zero-order valence-corrected chi connectivity index (χ0v) is 16.3. The molecule has 4 rings (SSSR count). The Morgan fingerprint density at radius 1 is 0.931 bits per heavy atom.